The first-order valence-corrected chi connectivity index (χ1v) is 8.38. The molecule has 0 bridgehead atoms. The molecule has 128 valence electrons. The second-order valence-electron chi connectivity index (χ2n) is 5.41. The highest BCUT2D eigenvalue weighted by molar-refractivity contribution is 7.16. The normalized spacial score (nSPS) is 10.3. The molecule has 0 spiro atoms. The molecular weight excluding hydrogens is 316 g/mol. The molecule has 6 nitrogen and oxygen atoms in total. The van der Waals surface area contributed by atoms with Gasteiger partial charge in [0.05, 0.1) is 5.56 Å². The van der Waals surface area contributed by atoms with Crippen molar-refractivity contribution in [2.75, 3.05) is 25.5 Å². The molecule has 0 radical (unpaired) electrons. The topological polar surface area (TPSA) is 75.7 Å². The second-order valence-corrected chi connectivity index (χ2v) is 6.64. The fourth-order valence-electron chi connectivity index (χ4n) is 1.95. The van der Waals surface area contributed by atoms with Crippen molar-refractivity contribution in [3.63, 3.8) is 0 Å². The van der Waals surface area contributed by atoms with Crippen molar-refractivity contribution in [1.82, 2.24) is 4.90 Å². The number of hydrogen-bond acceptors (Lipinski definition) is 5. The summed E-state index contributed by atoms with van der Waals surface area (Å²) in [5, 5.41) is 3.10. The molecule has 1 rings (SSSR count). The molecule has 1 aromatic heterocycles. The van der Waals surface area contributed by atoms with Crippen LogP contribution < -0.4 is 5.32 Å². The number of rotatable bonds is 7. The lowest BCUT2D eigenvalue weighted by Crippen LogP contribution is -2.32. The lowest BCUT2D eigenvalue weighted by molar-refractivity contribution is -0.133. The molecule has 0 aliphatic heterocycles. The second kappa shape index (κ2) is 8.67. The minimum absolute atomic E-state index is 0.238. The van der Waals surface area contributed by atoms with Gasteiger partial charge in [0, 0.05) is 25.4 Å². The lowest BCUT2D eigenvalue weighted by Gasteiger charge is -2.16. The summed E-state index contributed by atoms with van der Waals surface area (Å²) in [5.74, 6) is -1.08. The SMILES string of the molecule is CCCCN(C)C(=O)COC(=O)c1c(NC(C)=O)sc(C)c1C. The minimum atomic E-state index is -0.590. The van der Waals surface area contributed by atoms with Gasteiger partial charge in [-0.25, -0.2) is 4.79 Å². The van der Waals surface area contributed by atoms with E-state index in [-0.39, 0.29) is 18.4 Å². The van der Waals surface area contributed by atoms with E-state index in [1.54, 1.807) is 18.9 Å². The number of amides is 2. The third-order valence-electron chi connectivity index (χ3n) is 3.48. The summed E-state index contributed by atoms with van der Waals surface area (Å²) in [6, 6.07) is 0. The fourth-order valence-corrected chi connectivity index (χ4v) is 3.04. The first-order chi connectivity index (χ1) is 10.8. The number of nitrogens with zero attached hydrogens (tertiary/aromatic N) is 1. The van der Waals surface area contributed by atoms with Gasteiger partial charge in [0.25, 0.3) is 5.91 Å². The van der Waals surface area contributed by atoms with Crippen LogP contribution in [0.1, 0.15) is 47.5 Å². The van der Waals surface area contributed by atoms with Crippen molar-refractivity contribution in [3.8, 4) is 0 Å². The van der Waals surface area contributed by atoms with Crippen LogP contribution in [0.25, 0.3) is 0 Å². The number of thiophene rings is 1. The Morgan fingerprint density at radius 1 is 1.26 bits per heavy atom. The van der Waals surface area contributed by atoms with Crippen LogP contribution in [0.5, 0.6) is 0 Å². The molecule has 1 heterocycles. The predicted octanol–water partition coefficient (Wildman–Crippen LogP) is 2.74. The van der Waals surface area contributed by atoms with E-state index in [0.717, 1.165) is 23.3 Å². The maximum atomic E-state index is 12.3. The van der Waals surface area contributed by atoms with Gasteiger partial charge in [0.2, 0.25) is 5.91 Å². The van der Waals surface area contributed by atoms with E-state index in [1.807, 2.05) is 13.8 Å². The highest BCUT2D eigenvalue weighted by atomic mass is 32.1. The van der Waals surface area contributed by atoms with Crippen LogP contribution in [0.2, 0.25) is 0 Å². The Morgan fingerprint density at radius 2 is 1.91 bits per heavy atom. The Kier molecular flexibility index (Phi) is 7.22. The predicted molar refractivity (Wildman–Crippen MR) is 90.9 cm³/mol. The maximum absolute atomic E-state index is 12.3. The third kappa shape index (κ3) is 5.35. The molecule has 0 saturated heterocycles. The Balaban J connectivity index is 2.75. The molecule has 23 heavy (non-hydrogen) atoms. The van der Waals surface area contributed by atoms with Crippen molar-refractivity contribution < 1.29 is 19.1 Å². The average Bonchev–Trinajstić information content (AvgIpc) is 2.75. The summed E-state index contributed by atoms with van der Waals surface area (Å²) in [6.07, 6.45) is 1.90. The van der Waals surface area contributed by atoms with Gasteiger partial charge in [-0.15, -0.1) is 11.3 Å². The first kappa shape index (κ1) is 19.2. The molecule has 2 amide bonds. The van der Waals surface area contributed by atoms with Crippen molar-refractivity contribution >= 4 is 34.1 Å². The summed E-state index contributed by atoms with van der Waals surface area (Å²) in [4.78, 5) is 37.9. The molecule has 0 fully saturated rings. The van der Waals surface area contributed by atoms with Gasteiger partial charge < -0.3 is 15.0 Å². The molecule has 1 aromatic rings. The summed E-state index contributed by atoms with van der Waals surface area (Å²) in [6.45, 7) is 7.43. The van der Waals surface area contributed by atoms with Gasteiger partial charge in [-0.05, 0) is 25.8 Å². The minimum Gasteiger partial charge on any atom is -0.452 e. The van der Waals surface area contributed by atoms with E-state index in [2.05, 4.69) is 5.32 Å². The molecule has 0 saturated carbocycles. The number of anilines is 1. The van der Waals surface area contributed by atoms with E-state index in [4.69, 9.17) is 4.74 Å². The molecule has 0 unspecified atom stereocenters. The smallest absolute Gasteiger partial charge is 0.341 e. The number of unbranched alkanes of at least 4 members (excludes halogenated alkanes) is 1. The van der Waals surface area contributed by atoms with E-state index >= 15 is 0 Å². The van der Waals surface area contributed by atoms with Gasteiger partial charge >= 0.3 is 5.97 Å². The highest BCUT2D eigenvalue weighted by Gasteiger charge is 2.22. The number of hydrogen-bond donors (Lipinski definition) is 1. The van der Waals surface area contributed by atoms with Crippen molar-refractivity contribution in [3.05, 3.63) is 16.0 Å². The summed E-state index contributed by atoms with van der Waals surface area (Å²) in [7, 11) is 1.69. The molecule has 1 N–H and O–H groups in total. The number of carbonyl (C=O) groups is 3. The van der Waals surface area contributed by atoms with E-state index < -0.39 is 5.97 Å². The number of ether oxygens (including phenoxy) is 1. The lowest BCUT2D eigenvalue weighted by atomic mass is 10.1. The van der Waals surface area contributed by atoms with Crippen LogP contribution in [-0.2, 0) is 14.3 Å². The Hall–Kier alpha value is -1.89. The van der Waals surface area contributed by atoms with Crippen LogP contribution in [0.4, 0.5) is 5.00 Å². The van der Waals surface area contributed by atoms with Gasteiger partial charge in [-0.2, -0.15) is 0 Å². The summed E-state index contributed by atoms with van der Waals surface area (Å²) >= 11 is 1.32. The van der Waals surface area contributed by atoms with Gasteiger partial charge in [-0.1, -0.05) is 13.3 Å². The molecule has 0 aliphatic carbocycles. The summed E-state index contributed by atoms with van der Waals surface area (Å²) in [5.41, 5.74) is 1.09. The largest absolute Gasteiger partial charge is 0.452 e. The van der Waals surface area contributed by atoms with E-state index in [1.165, 1.54) is 18.3 Å². The third-order valence-corrected chi connectivity index (χ3v) is 4.60. The highest BCUT2D eigenvalue weighted by Crippen LogP contribution is 2.32. The Morgan fingerprint density at radius 3 is 2.48 bits per heavy atom. The Bertz CT molecular complexity index is 595. The molecule has 7 heteroatoms. The van der Waals surface area contributed by atoms with E-state index in [9.17, 15) is 14.4 Å². The molecule has 0 aromatic carbocycles. The van der Waals surface area contributed by atoms with Crippen molar-refractivity contribution in [2.45, 2.75) is 40.5 Å². The Labute approximate surface area is 140 Å². The van der Waals surface area contributed by atoms with Gasteiger partial charge in [0.15, 0.2) is 6.61 Å². The maximum Gasteiger partial charge on any atom is 0.341 e. The zero-order valence-corrected chi connectivity index (χ0v) is 15.1. The number of carbonyl (C=O) groups excluding carboxylic acids is 3. The van der Waals surface area contributed by atoms with Crippen molar-refractivity contribution in [2.24, 2.45) is 0 Å². The van der Waals surface area contributed by atoms with Gasteiger partial charge in [0.1, 0.15) is 5.00 Å². The monoisotopic (exact) mass is 340 g/mol. The molecule has 0 aliphatic rings. The number of aryl methyl sites for hydroxylation is 1. The first-order valence-electron chi connectivity index (χ1n) is 7.56. The number of nitrogens with one attached hydrogen (secondary N) is 1. The van der Waals surface area contributed by atoms with Crippen LogP contribution in [-0.4, -0.2) is 42.9 Å². The van der Waals surface area contributed by atoms with Gasteiger partial charge in [-0.3, -0.25) is 9.59 Å². The van der Waals surface area contributed by atoms with Crippen LogP contribution >= 0.6 is 11.3 Å². The molecule has 0 atom stereocenters. The average molecular weight is 340 g/mol. The number of esters is 1. The standard InChI is InChI=1S/C16H24N2O4S/c1-6-7-8-18(5)13(20)9-22-16(21)14-10(2)11(3)23-15(14)17-12(4)19/h6-9H2,1-5H3,(H,17,19). The zero-order chi connectivity index (χ0) is 17.6. The molecular formula is C16H24N2O4S. The van der Waals surface area contributed by atoms with Crippen LogP contribution in [0.15, 0.2) is 0 Å². The number of likely N-dealkylation sites (N-methyl/N-ethyl adjacent to an activating group) is 1. The van der Waals surface area contributed by atoms with Crippen molar-refractivity contribution in [1.29, 1.82) is 0 Å². The van der Waals surface area contributed by atoms with Crippen LogP contribution in [0.3, 0.4) is 0 Å². The summed E-state index contributed by atoms with van der Waals surface area (Å²) < 4.78 is 5.13. The van der Waals surface area contributed by atoms with Crippen LogP contribution in [0, 0.1) is 13.8 Å². The quantitative estimate of drug-likeness (QED) is 0.774. The fraction of sp³-hybridized carbons (Fsp3) is 0.562. The van der Waals surface area contributed by atoms with E-state index in [0.29, 0.717) is 17.1 Å². The zero-order valence-electron chi connectivity index (χ0n) is 14.3.